The van der Waals surface area contributed by atoms with Crippen molar-refractivity contribution in [3.63, 3.8) is 0 Å². The molecule has 0 radical (unpaired) electrons. The molecule has 21 heavy (non-hydrogen) atoms. The number of rotatable bonds is 6. The van der Waals surface area contributed by atoms with Gasteiger partial charge in [0.15, 0.2) is 5.82 Å². The standard InChI is InChI=1S/C13H16ClN3O3S/c1-3-9-17-12(15-16-13(17)21(14,18)19)10-7-5-6-8-11(10)20-4-2/h5-8H,3-4,9H2,1-2H3. The first-order valence-electron chi connectivity index (χ1n) is 6.59. The fourth-order valence-corrected chi connectivity index (χ4v) is 2.95. The lowest BCUT2D eigenvalue weighted by Gasteiger charge is -2.11. The van der Waals surface area contributed by atoms with Gasteiger partial charge in [-0.05, 0) is 25.5 Å². The number of para-hydroxylation sites is 1. The van der Waals surface area contributed by atoms with Crippen molar-refractivity contribution in [2.75, 3.05) is 6.61 Å². The van der Waals surface area contributed by atoms with Crippen molar-refractivity contribution in [2.45, 2.75) is 32.0 Å². The van der Waals surface area contributed by atoms with E-state index in [4.69, 9.17) is 15.4 Å². The SMILES string of the molecule is CCCn1c(-c2ccccc2OCC)nnc1S(=O)(=O)Cl. The summed E-state index contributed by atoms with van der Waals surface area (Å²) in [7, 11) is 1.47. The van der Waals surface area contributed by atoms with E-state index in [2.05, 4.69) is 10.2 Å². The predicted molar refractivity (Wildman–Crippen MR) is 80.0 cm³/mol. The van der Waals surface area contributed by atoms with Crippen LogP contribution in [0.4, 0.5) is 0 Å². The topological polar surface area (TPSA) is 74.1 Å². The Morgan fingerprint density at radius 1 is 1.24 bits per heavy atom. The Morgan fingerprint density at radius 3 is 2.57 bits per heavy atom. The largest absolute Gasteiger partial charge is 0.493 e. The summed E-state index contributed by atoms with van der Waals surface area (Å²) in [5, 5.41) is 7.46. The molecule has 0 aliphatic carbocycles. The molecule has 6 nitrogen and oxygen atoms in total. The summed E-state index contributed by atoms with van der Waals surface area (Å²) < 4.78 is 30.2. The Labute approximate surface area is 128 Å². The van der Waals surface area contributed by atoms with Gasteiger partial charge >= 0.3 is 0 Å². The van der Waals surface area contributed by atoms with Crippen LogP contribution in [-0.2, 0) is 15.6 Å². The van der Waals surface area contributed by atoms with Crippen LogP contribution in [0.5, 0.6) is 5.75 Å². The smallest absolute Gasteiger partial charge is 0.296 e. The Bertz CT molecular complexity index is 728. The number of ether oxygens (including phenoxy) is 1. The van der Waals surface area contributed by atoms with Crippen LogP contribution < -0.4 is 4.74 Å². The van der Waals surface area contributed by atoms with Crippen molar-refractivity contribution in [3.05, 3.63) is 24.3 Å². The summed E-state index contributed by atoms with van der Waals surface area (Å²) in [5.74, 6) is 1.06. The quantitative estimate of drug-likeness (QED) is 0.762. The van der Waals surface area contributed by atoms with Crippen LogP contribution in [0.25, 0.3) is 11.4 Å². The Morgan fingerprint density at radius 2 is 1.95 bits per heavy atom. The summed E-state index contributed by atoms with van der Waals surface area (Å²) in [6.45, 7) is 4.76. The average Bonchev–Trinajstić information content (AvgIpc) is 2.84. The zero-order valence-electron chi connectivity index (χ0n) is 11.8. The summed E-state index contributed by atoms with van der Waals surface area (Å²) in [5.41, 5.74) is 0.687. The highest BCUT2D eigenvalue weighted by Crippen LogP contribution is 2.30. The molecule has 0 aliphatic rings. The molecule has 0 spiro atoms. The molecule has 8 heteroatoms. The van der Waals surface area contributed by atoms with Gasteiger partial charge in [-0.3, -0.25) is 4.57 Å². The molecule has 0 saturated carbocycles. The highest BCUT2D eigenvalue weighted by molar-refractivity contribution is 8.13. The molecule has 1 aromatic carbocycles. The molecular formula is C13H16ClN3O3S. The molecule has 0 fully saturated rings. The number of halogens is 1. The highest BCUT2D eigenvalue weighted by Gasteiger charge is 2.24. The molecule has 0 N–H and O–H groups in total. The summed E-state index contributed by atoms with van der Waals surface area (Å²) in [6, 6.07) is 7.29. The fourth-order valence-electron chi connectivity index (χ4n) is 2.03. The molecular weight excluding hydrogens is 314 g/mol. The van der Waals surface area contributed by atoms with Crippen molar-refractivity contribution in [1.29, 1.82) is 0 Å². The minimum atomic E-state index is -3.95. The van der Waals surface area contributed by atoms with Crippen LogP contribution in [0.15, 0.2) is 29.4 Å². The lowest BCUT2D eigenvalue weighted by Crippen LogP contribution is -2.08. The normalized spacial score (nSPS) is 11.6. The zero-order valence-corrected chi connectivity index (χ0v) is 13.4. The van der Waals surface area contributed by atoms with Crippen LogP contribution in [0.3, 0.4) is 0 Å². The van der Waals surface area contributed by atoms with Crippen molar-refractivity contribution >= 4 is 19.7 Å². The third-order valence-corrected chi connectivity index (χ3v) is 3.96. The van der Waals surface area contributed by atoms with E-state index in [1.165, 1.54) is 4.57 Å². The molecule has 2 aromatic rings. The second-order valence-corrected chi connectivity index (χ2v) is 6.78. The Hall–Kier alpha value is -1.60. The molecule has 0 unspecified atom stereocenters. The molecule has 0 saturated heterocycles. The van der Waals surface area contributed by atoms with Crippen molar-refractivity contribution < 1.29 is 13.2 Å². The molecule has 0 atom stereocenters. The first-order valence-corrected chi connectivity index (χ1v) is 8.90. The van der Waals surface area contributed by atoms with Crippen LogP contribution >= 0.6 is 10.7 Å². The van der Waals surface area contributed by atoms with Gasteiger partial charge in [-0.25, -0.2) is 8.42 Å². The molecule has 2 rings (SSSR count). The van der Waals surface area contributed by atoms with Gasteiger partial charge in [-0.2, -0.15) is 0 Å². The average molecular weight is 330 g/mol. The van der Waals surface area contributed by atoms with Crippen molar-refractivity contribution in [1.82, 2.24) is 14.8 Å². The van der Waals surface area contributed by atoms with Crippen LogP contribution in [-0.4, -0.2) is 29.8 Å². The maximum Gasteiger partial charge on any atom is 0.296 e. The highest BCUT2D eigenvalue weighted by atomic mass is 35.7. The lowest BCUT2D eigenvalue weighted by atomic mass is 10.2. The van der Waals surface area contributed by atoms with Gasteiger partial charge in [0, 0.05) is 17.2 Å². The summed E-state index contributed by atoms with van der Waals surface area (Å²) in [4.78, 5) is 0. The van der Waals surface area contributed by atoms with Crippen LogP contribution in [0, 0.1) is 0 Å². The fraction of sp³-hybridized carbons (Fsp3) is 0.385. The molecule has 1 aromatic heterocycles. The van der Waals surface area contributed by atoms with E-state index in [0.717, 1.165) is 6.42 Å². The van der Waals surface area contributed by atoms with Crippen molar-refractivity contribution in [2.24, 2.45) is 0 Å². The molecule has 0 bridgehead atoms. The van der Waals surface area contributed by atoms with E-state index >= 15 is 0 Å². The van der Waals surface area contributed by atoms with E-state index in [9.17, 15) is 8.42 Å². The number of benzene rings is 1. The first-order chi connectivity index (χ1) is 9.99. The van der Waals surface area contributed by atoms with Gasteiger partial charge in [0.1, 0.15) is 5.75 Å². The van der Waals surface area contributed by atoms with Gasteiger partial charge in [0.25, 0.3) is 14.2 Å². The maximum absolute atomic E-state index is 11.6. The minimum Gasteiger partial charge on any atom is -0.493 e. The number of hydrogen-bond donors (Lipinski definition) is 0. The third kappa shape index (κ3) is 3.36. The maximum atomic E-state index is 11.6. The molecule has 114 valence electrons. The Kier molecular flexibility index (Phi) is 4.84. The third-order valence-electron chi connectivity index (χ3n) is 2.81. The first kappa shape index (κ1) is 15.8. The minimum absolute atomic E-state index is 0.243. The zero-order chi connectivity index (χ0) is 15.5. The van der Waals surface area contributed by atoms with Gasteiger partial charge in [0.05, 0.1) is 12.2 Å². The van der Waals surface area contributed by atoms with Crippen molar-refractivity contribution in [3.8, 4) is 17.1 Å². The van der Waals surface area contributed by atoms with Crippen LogP contribution in [0.1, 0.15) is 20.3 Å². The van der Waals surface area contributed by atoms with Gasteiger partial charge in [0.2, 0.25) is 0 Å². The van der Waals surface area contributed by atoms with Gasteiger partial charge < -0.3 is 4.74 Å². The van der Waals surface area contributed by atoms with E-state index in [1.807, 2.05) is 32.0 Å². The lowest BCUT2D eigenvalue weighted by molar-refractivity contribution is 0.341. The predicted octanol–water partition coefficient (Wildman–Crippen LogP) is 2.68. The molecule has 0 amide bonds. The van der Waals surface area contributed by atoms with Crippen LogP contribution in [0.2, 0.25) is 0 Å². The summed E-state index contributed by atoms with van der Waals surface area (Å²) in [6.07, 6.45) is 0.723. The summed E-state index contributed by atoms with van der Waals surface area (Å²) >= 11 is 0. The number of hydrogen-bond acceptors (Lipinski definition) is 5. The van der Waals surface area contributed by atoms with E-state index in [-0.39, 0.29) is 5.16 Å². The monoisotopic (exact) mass is 329 g/mol. The number of aromatic nitrogens is 3. The van der Waals surface area contributed by atoms with Gasteiger partial charge in [-0.15, -0.1) is 10.2 Å². The molecule has 0 aliphatic heterocycles. The van der Waals surface area contributed by atoms with E-state index in [0.29, 0.717) is 30.3 Å². The second kappa shape index (κ2) is 6.44. The van der Waals surface area contributed by atoms with E-state index < -0.39 is 9.05 Å². The Balaban J connectivity index is 2.62. The number of nitrogens with zero attached hydrogens (tertiary/aromatic N) is 3. The second-order valence-electron chi connectivity index (χ2n) is 4.32. The van der Waals surface area contributed by atoms with E-state index in [1.54, 1.807) is 6.07 Å². The van der Waals surface area contributed by atoms with Gasteiger partial charge in [-0.1, -0.05) is 19.1 Å². The molecule has 1 heterocycles.